The maximum atomic E-state index is 9.29. The van der Waals surface area contributed by atoms with Gasteiger partial charge in [0.1, 0.15) is 16.7 Å². The number of nitrogens with zero attached hydrogens (tertiary/aromatic N) is 1. The lowest BCUT2D eigenvalue weighted by atomic mass is 9.71. The second-order valence-corrected chi connectivity index (χ2v) is 15.1. The van der Waals surface area contributed by atoms with Crippen LogP contribution in [-0.2, 0) is 0 Å². The van der Waals surface area contributed by atoms with Crippen molar-refractivity contribution < 1.29 is 10.2 Å². The molecule has 3 heteroatoms. The highest BCUT2D eigenvalue weighted by Gasteiger charge is 2.28. The fraction of sp³-hybridized carbons (Fsp3) is 0.311. The molecule has 0 amide bonds. The highest BCUT2D eigenvalue weighted by atomic mass is 16.4. The summed E-state index contributed by atoms with van der Waals surface area (Å²) in [5.41, 5.74) is 12.9. The summed E-state index contributed by atoms with van der Waals surface area (Å²) in [7, 11) is 0. The van der Waals surface area contributed by atoms with E-state index >= 15 is 0 Å². The molecule has 2 aromatic heterocycles. The molecule has 1 aliphatic carbocycles. The third-order valence-corrected chi connectivity index (χ3v) is 10.6. The molecule has 1 fully saturated rings. The summed E-state index contributed by atoms with van der Waals surface area (Å²) >= 11 is 0. The normalized spacial score (nSPS) is 16.4. The van der Waals surface area contributed by atoms with Crippen LogP contribution in [0.2, 0.25) is 0 Å². The molecule has 3 nitrogen and oxygen atoms in total. The van der Waals surface area contributed by atoms with Gasteiger partial charge in [0.2, 0.25) is 5.89 Å². The van der Waals surface area contributed by atoms with Gasteiger partial charge in [0, 0.05) is 17.7 Å². The summed E-state index contributed by atoms with van der Waals surface area (Å²) in [5.74, 6) is 0.649. The summed E-state index contributed by atoms with van der Waals surface area (Å²) in [5, 5.41) is 2.15. The lowest BCUT2D eigenvalue weighted by Gasteiger charge is -2.34. The van der Waals surface area contributed by atoms with E-state index in [1.807, 2.05) is 36.4 Å². The van der Waals surface area contributed by atoms with E-state index in [9.17, 15) is 1.37 Å². The largest absolute Gasteiger partial charge is 0.455 e. The van der Waals surface area contributed by atoms with E-state index in [4.69, 9.17) is 13.8 Å². The zero-order valence-electron chi connectivity index (χ0n) is 30.0. The Labute approximate surface area is 285 Å². The number of benzene rings is 5. The van der Waals surface area contributed by atoms with Crippen LogP contribution < -0.4 is 0 Å². The molecule has 0 saturated heterocycles. The lowest BCUT2D eigenvalue weighted by molar-refractivity contribution is 0.224. The minimum Gasteiger partial charge on any atom is -0.455 e. The highest BCUT2D eigenvalue weighted by molar-refractivity contribution is 6.09. The molecule has 0 radical (unpaired) electrons. The standard InChI is InChI=1S/C45H45NO2/c1-27(2)37-25-32(30-19-17-29(18-20-30)31-21-23-45(5,6)24-22-31)26-38(28(3)4)41(37)35-13-10-15-39-43(35)48-44(46-39)36-14-9-12-34-33-11-7-8-16-40(33)47-42(34)36/h7-20,25-28,31H,21-24H2,1-6H3/i31D. The Hall–Kier alpha value is -4.63. The molecule has 0 aliphatic heterocycles. The van der Waals surface area contributed by atoms with E-state index in [0.29, 0.717) is 11.3 Å². The minimum atomic E-state index is -0.491. The van der Waals surface area contributed by atoms with Gasteiger partial charge in [0.15, 0.2) is 5.58 Å². The number of oxazole rings is 1. The number of rotatable bonds is 6. The average Bonchev–Trinajstić information content (AvgIpc) is 3.71. The molecule has 1 saturated carbocycles. The van der Waals surface area contributed by atoms with E-state index in [2.05, 4.69) is 102 Å². The van der Waals surface area contributed by atoms with Crippen molar-refractivity contribution in [2.75, 3.05) is 0 Å². The third kappa shape index (κ3) is 5.34. The first-order valence-electron chi connectivity index (χ1n) is 18.1. The minimum absolute atomic E-state index is 0.288. The van der Waals surface area contributed by atoms with Gasteiger partial charge in [-0.3, -0.25) is 0 Å². The molecule has 0 bridgehead atoms. The molecule has 2 heterocycles. The van der Waals surface area contributed by atoms with Crippen molar-refractivity contribution in [2.24, 2.45) is 5.41 Å². The summed E-state index contributed by atoms with van der Waals surface area (Å²) in [6.07, 6.45) is 4.05. The molecular weight excluding hydrogens is 587 g/mol. The molecule has 48 heavy (non-hydrogen) atoms. The van der Waals surface area contributed by atoms with Gasteiger partial charge in [-0.1, -0.05) is 120 Å². The van der Waals surface area contributed by atoms with Gasteiger partial charge in [0.25, 0.3) is 0 Å². The fourth-order valence-corrected chi connectivity index (χ4v) is 7.67. The maximum absolute atomic E-state index is 9.29. The van der Waals surface area contributed by atoms with Crippen LogP contribution >= 0.6 is 0 Å². The monoisotopic (exact) mass is 632 g/mol. The van der Waals surface area contributed by atoms with Gasteiger partial charge in [-0.2, -0.15) is 0 Å². The zero-order valence-corrected chi connectivity index (χ0v) is 29.0. The van der Waals surface area contributed by atoms with Gasteiger partial charge in [-0.05, 0) is 100 Å². The molecule has 0 unspecified atom stereocenters. The molecular formula is C45H45NO2. The number of hydrogen-bond acceptors (Lipinski definition) is 3. The van der Waals surface area contributed by atoms with Crippen LogP contribution in [0, 0.1) is 5.41 Å². The van der Waals surface area contributed by atoms with Crippen molar-refractivity contribution in [1.82, 2.24) is 4.98 Å². The van der Waals surface area contributed by atoms with Crippen molar-refractivity contribution in [3.8, 4) is 33.7 Å². The SMILES string of the molecule is [2H]C1(c2ccc(-c3cc(C(C)C)c(-c4cccc5nc(-c6cccc7c6oc6ccccc67)oc45)c(C(C)C)c3)cc2)CCC(C)(C)CC1. The first-order valence-corrected chi connectivity index (χ1v) is 17.6. The highest BCUT2D eigenvalue weighted by Crippen LogP contribution is 2.45. The van der Waals surface area contributed by atoms with E-state index in [-0.39, 0.29) is 11.8 Å². The Morgan fingerprint density at radius 2 is 1.33 bits per heavy atom. The average molecular weight is 633 g/mol. The van der Waals surface area contributed by atoms with Crippen molar-refractivity contribution in [1.29, 1.82) is 0 Å². The Kier molecular flexibility index (Phi) is 7.26. The Morgan fingerprint density at radius 1 is 0.688 bits per heavy atom. The number of fused-ring (bicyclic) bond motifs is 4. The summed E-state index contributed by atoms with van der Waals surface area (Å²) in [4.78, 5) is 5.02. The van der Waals surface area contributed by atoms with Gasteiger partial charge >= 0.3 is 0 Å². The number of aromatic nitrogens is 1. The fourth-order valence-electron chi connectivity index (χ4n) is 7.67. The van der Waals surface area contributed by atoms with Gasteiger partial charge in [-0.25, -0.2) is 4.98 Å². The number of hydrogen-bond donors (Lipinski definition) is 0. The molecule has 5 aromatic carbocycles. The third-order valence-electron chi connectivity index (χ3n) is 10.6. The summed E-state index contributed by atoms with van der Waals surface area (Å²) in [6.45, 7) is 13.8. The van der Waals surface area contributed by atoms with Crippen molar-refractivity contribution in [2.45, 2.75) is 85.0 Å². The predicted octanol–water partition coefficient (Wildman–Crippen LogP) is 13.7. The number of para-hydroxylation sites is 3. The summed E-state index contributed by atoms with van der Waals surface area (Å²) in [6, 6.07) is 34.2. The topological polar surface area (TPSA) is 39.2 Å². The van der Waals surface area contributed by atoms with Crippen LogP contribution in [0.3, 0.4) is 0 Å². The van der Waals surface area contributed by atoms with Crippen LogP contribution in [0.4, 0.5) is 0 Å². The Bertz CT molecular complexity index is 2300. The number of furan rings is 1. The van der Waals surface area contributed by atoms with Crippen LogP contribution in [0.15, 0.2) is 106 Å². The molecule has 0 atom stereocenters. The van der Waals surface area contributed by atoms with Gasteiger partial charge < -0.3 is 8.83 Å². The van der Waals surface area contributed by atoms with Crippen molar-refractivity contribution in [3.05, 3.63) is 114 Å². The second kappa shape index (κ2) is 11.8. The van der Waals surface area contributed by atoms with E-state index in [1.165, 1.54) is 27.8 Å². The lowest BCUT2D eigenvalue weighted by Crippen LogP contribution is -2.20. The Morgan fingerprint density at radius 3 is 2.04 bits per heavy atom. The van der Waals surface area contributed by atoms with Crippen LogP contribution in [0.25, 0.3) is 66.7 Å². The molecule has 242 valence electrons. The molecule has 7 aromatic rings. The predicted molar refractivity (Wildman–Crippen MR) is 201 cm³/mol. The first kappa shape index (κ1) is 29.5. The van der Waals surface area contributed by atoms with Crippen LogP contribution in [0.5, 0.6) is 0 Å². The molecule has 0 N–H and O–H groups in total. The van der Waals surface area contributed by atoms with E-state index in [1.54, 1.807) is 0 Å². The van der Waals surface area contributed by atoms with Gasteiger partial charge in [0.05, 0.1) is 5.56 Å². The molecule has 8 rings (SSSR count). The zero-order chi connectivity index (χ0) is 34.1. The first-order chi connectivity index (χ1) is 23.5. The Balaban J connectivity index is 1.23. The summed E-state index contributed by atoms with van der Waals surface area (Å²) < 4.78 is 22.4. The molecule has 0 spiro atoms. The van der Waals surface area contributed by atoms with Gasteiger partial charge in [-0.15, -0.1) is 0 Å². The van der Waals surface area contributed by atoms with E-state index in [0.717, 1.165) is 75.4 Å². The maximum Gasteiger partial charge on any atom is 0.231 e. The second-order valence-electron chi connectivity index (χ2n) is 15.1. The van der Waals surface area contributed by atoms with Crippen LogP contribution in [0.1, 0.15) is 103 Å². The quantitative estimate of drug-likeness (QED) is 0.183. The smallest absolute Gasteiger partial charge is 0.231 e. The van der Waals surface area contributed by atoms with Crippen molar-refractivity contribution >= 4 is 33.0 Å². The van der Waals surface area contributed by atoms with Crippen molar-refractivity contribution in [3.63, 3.8) is 0 Å². The molecule has 1 aliphatic rings. The van der Waals surface area contributed by atoms with E-state index < -0.39 is 5.89 Å². The van der Waals surface area contributed by atoms with Crippen LogP contribution in [-0.4, -0.2) is 4.98 Å².